The summed E-state index contributed by atoms with van der Waals surface area (Å²) in [4.78, 5) is 18.9. The summed E-state index contributed by atoms with van der Waals surface area (Å²) < 4.78 is 5.80. The number of rotatable bonds is 4. The van der Waals surface area contributed by atoms with Crippen molar-refractivity contribution < 1.29 is 9.21 Å². The molecule has 5 nitrogen and oxygen atoms in total. The molecular formula is C21H25N3O2. The fourth-order valence-corrected chi connectivity index (χ4v) is 3.24. The SMILES string of the molecule is Cc1oc(-c2ccc(C(C)C)cc2)nc1CC(=O)N1CCC(C#N)CC1. The van der Waals surface area contributed by atoms with E-state index in [1.807, 2.05) is 24.0 Å². The topological polar surface area (TPSA) is 70.1 Å². The number of carbonyl (C=O) groups excluding carboxylic acids is 1. The maximum absolute atomic E-state index is 12.5. The van der Waals surface area contributed by atoms with E-state index < -0.39 is 0 Å². The number of hydrogen-bond donors (Lipinski definition) is 0. The lowest BCUT2D eigenvalue weighted by Crippen LogP contribution is -2.39. The molecule has 1 aliphatic heterocycles. The third-order valence-corrected chi connectivity index (χ3v) is 5.07. The van der Waals surface area contributed by atoms with Crippen molar-refractivity contribution in [2.24, 2.45) is 5.92 Å². The van der Waals surface area contributed by atoms with E-state index in [9.17, 15) is 4.79 Å². The van der Waals surface area contributed by atoms with Crippen molar-refractivity contribution in [3.8, 4) is 17.5 Å². The molecule has 0 aliphatic carbocycles. The van der Waals surface area contributed by atoms with Gasteiger partial charge in [-0.05, 0) is 43.4 Å². The molecule has 0 atom stereocenters. The maximum Gasteiger partial charge on any atom is 0.228 e. The third-order valence-electron chi connectivity index (χ3n) is 5.07. The number of hydrogen-bond acceptors (Lipinski definition) is 4. The highest BCUT2D eigenvalue weighted by atomic mass is 16.4. The van der Waals surface area contributed by atoms with Gasteiger partial charge in [-0.1, -0.05) is 26.0 Å². The smallest absolute Gasteiger partial charge is 0.228 e. The van der Waals surface area contributed by atoms with E-state index in [2.05, 4.69) is 37.0 Å². The minimum atomic E-state index is 0.0551. The number of likely N-dealkylation sites (tertiary alicyclic amines) is 1. The fraction of sp³-hybridized carbons (Fsp3) is 0.476. The number of oxazole rings is 1. The molecule has 5 heteroatoms. The van der Waals surface area contributed by atoms with Crippen LogP contribution in [-0.4, -0.2) is 28.9 Å². The number of benzene rings is 1. The maximum atomic E-state index is 12.5. The lowest BCUT2D eigenvalue weighted by Gasteiger charge is -2.29. The van der Waals surface area contributed by atoms with Gasteiger partial charge in [0.2, 0.25) is 11.8 Å². The molecule has 3 rings (SSSR count). The first-order valence-corrected chi connectivity index (χ1v) is 9.22. The fourth-order valence-electron chi connectivity index (χ4n) is 3.24. The number of aromatic nitrogens is 1. The Hall–Kier alpha value is -2.61. The molecule has 2 aromatic rings. The van der Waals surface area contributed by atoms with E-state index in [4.69, 9.17) is 9.68 Å². The molecule has 26 heavy (non-hydrogen) atoms. The van der Waals surface area contributed by atoms with Gasteiger partial charge >= 0.3 is 0 Å². The molecule has 1 fully saturated rings. The Balaban J connectivity index is 1.68. The summed E-state index contributed by atoms with van der Waals surface area (Å²) in [6.07, 6.45) is 1.76. The molecular weight excluding hydrogens is 326 g/mol. The van der Waals surface area contributed by atoms with Crippen LogP contribution in [0.1, 0.15) is 49.6 Å². The van der Waals surface area contributed by atoms with Gasteiger partial charge in [0.25, 0.3) is 0 Å². The van der Waals surface area contributed by atoms with Crippen LogP contribution in [0.5, 0.6) is 0 Å². The van der Waals surface area contributed by atoms with Gasteiger partial charge in [-0.2, -0.15) is 5.26 Å². The Morgan fingerprint density at radius 1 is 1.31 bits per heavy atom. The van der Waals surface area contributed by atoms with E-state index in [-0.39, 0.29) is 18.2 Å². The number of amides is 1. The molecule has 1 aromatic heterocycles. The van der Waals surface area contributed by atoms with Crippen molar-refractivity contribution in [1.29, 1.82) is 5.26 Å². The van der Waals surface area contributed by atoms with E-state index in [0.717, 1.165) is 18.4 Å². The normalized spacial score (nSPS) is 15.3. The van der Waals surface area contributed by atoms with Crippen LogP contribution in [0, 0.1) is 24.2 Å². The first-order chi connectivity index (χ1) is 12.5. The van der Waals surface area contributed by atoms with E-state index in [1.54, 1.807) is 0 Å². The van der Waals surface area contributed by atoms with Crippen molar-refractivity contribution in [3.63, 3.8) is 0 Å². The molecule has 0 spiro atoms. The van der Waals surface area contributed by atoms with Crippen LogP contribution in [0.2, 0.25) is 0 Å². The van der Waals surface area contributed by atoms with Crippen LogP contribution in [0.15, 0.2) is 28.7 Å². The molecule has 0 radical (unpaired) electrons. The van der Waals surface area contributed by atoms with Crippen LogP contribution in [0.3, 0.4) is 0 Å². The van der Waals surface area contributed by atoms with Crippen molar-refractivity contribution in [3.05, 3.63) is 41.3 Å². The van der Waals surface area contributed by atoms with Gasteiger partial charge in [0.15, 0.2) is 0 Å². The minimum absolute atomic E-state index is 0.0551. The standard InChI is InChI=1S/C21H25N3O2/c1-14(2)17-4-6-18(7-5-17)21-23-19(15(3)26-21)12-20(25)24-10-8-16(13-22)9-11-24/h4-7,14,16H,8-12H2,1-3H3. The predicted octanol–water partition coefficient (Wildman–Crippen LogP) is 4.08. The quantitative estimate of drug-likeness (QED) is 0.832. The summed E-state index contributed by atoms with van der Waals surface area (Å²) in [5.41, 5.74) is 2.89. The molecule has 0 bridgehead atoms. The predicted molar refractivity (Wildman–Crippen MR) is 99.4 cm³/mol. The summed E-state index contributed by atoms with van der Waals surface area (Å²) in [6, 6.07) is 10.5. The highest BCUT2D eigenvalue weighted by Crippen LogP contribution is 2.25. The molecule has 2 heterocycles. The number of piperidine rings is 1. The summed E-state index contributed by atoms with van der Waals surface area (Å²) >= 11 is 0. The summed E-state index contributed by atoms with van der Waals surface area (Å²) in [6.45, 7) is 7.47. The van der Waals surface area contributed by atoms with E-state index in [0.29, 0.717) is 36.4 Å². The lowest BCUT2D eigenvalue weighted by atomic mass is 9.98. The van der Waals surface area contributed by atoms with Gasteiger partial charge in [0.05, 0.1) is 18.2 Å². The van der Waals surface area contributed by atoms with Crippen LogP contribution in [0.4, 0.5) is 0 Å². The van der Waals surface area contributed by atoms with Gasteiger partial charge in [0, 0.05) is 24.6 Å². The summed E-state index contributed by atoms with van der Waals surface area (Å²) in [7, 11) is 0. The van der Waals surface area contributed by atoms with Gasteiger partial charge in [-0.15, -0.1) is 0 Å². The van der Waals surface area contributed by atoms with Crippen molar-refractivity contribution in [1.82, 2.24) is 9.88 Å². The molecule has 1 amide bonds. The zero-order chi connectivity index (χ0) is 18.7. The van der Waals surface area contributed by atoms with Gasteiger partial charge in [-0.25, -0.2) is 4.98 Å². The Morgan fingerprint density at radius 3 is 2.54 bits per heavy atom. The van der Waals surface area contributed by atoms with E-state index in [1.165, 1.54) is 5.56 Å². The molecule has 0 N–H and O–H groups in total. The number of nitriles is 1. The molecule has 0 unspecified atom stereocenters. The third kappa shape index (κ3) is 3.96. The highest BCUT2D eigenvalue weighted by molar-refractivity contribution is 5.78. The summed E-state index contributed by atoms with van der Waals surface area (Å²) in [5.74, 6) is 1.86. The molecule has 1 aromatic carbocycles. The Bertz CT molecular complexity index is 807. The van der Waals surface area contributed by atoms with Gasteiger partial charge < -0.3 is 9.32 Å². The van der Waals surface area contributed by atoms with Crippen molar-refractivity contribution in [2.75, 3.05) is 13.1 Å². The zero-order valence-electron chi connectivity index (χ0n) is 15.7. The van der Waals surface area contributed by atoms with Gasteiger partial charge in [0.1, 0.15) is 5.76 Å². The average Bonchev–Trinajstić information content (AvgIpc) is 3.02. The van der Waals surface area contributed by atoms with Crippen LogP contribution in [0.25, 0.3) is 11.5 Å². The monoisotopic (exact) mass is 351 g/mol. The Kier molecular flexibility index (Phi) is 5.41. The zero-order valence-corrected chi connectivity index (χ0v) is 15.7. The Labute approximate surface area is 154 Å². The second kappa shape index (κ2) is 7.74. The molecule has 1 saturated heterocycles. The molecule has 136 valence electrons. The minimum Gasteiger partial charge on any atom is -0.441 e. The number of carbonyl (C=O) groups is 1. The first-order valence-electron chi connectivity index (χ1n) is 9.22. The lowest BCUT2D eigenvalue weighted by molar-refractivity contribution is -0.131. The van der Waals surface area contributed by atoms with E-state index >= 15 is 0 Å². The average molecular weight is 351 g/mol. The summed E-state index contributed by atoms with van der Waals surface area (Å²) in [5, 5.41) is 8.97. The highest BCUT2D eigenvalue weighted by Gasteiger charge is 2.24. The molecule has 0 saturated carbocycles. The largest absolute Gasteiger partial charge is 0.441 e. The van der Waals surface area contributed by atoms with Crippen molar-refractivity contribution in [2.45, 2.75) is 46.0 Å². The van der Waals surface area contributed by atoms with Gasteiger partial charge in [-0.3, -0.25) is 4.79 Å². The number of aryl methyl sites for hydroxylation is 1. The second-order valence-electron chi connectivity index (χ2n) is 7.26. The molecule has 1 aliphatic rings. The van der Waals surface area contributed by atoms with Crippen LogP contribution >= 0.6 is 0 Å². The second-order valence-corrected chi connectivity index (χ2v) is 7.26. The first kappa shape index (κ1) is 18.2. The van der Waals surface area contributed by atoms with Crippen LogP contribution < -0.4 is 0 Å². The number of nitrogens with zero attached hydrogens (tertiary/aromatic N) is 3. The Morgan fingerprint density at radius 2 is 1.96 bits per heavy atom. The van der Waals surface area contributed by atoms with Crippen LogP contribution in [-0.2, 0) is 11.2 Å². The van der Waals surface area contributed by atoms with Crippen molar-refractivity contribution >= 4 is 5.91 Å².